The Bertz CT molecular complexity index is 1420. The molecule has 8 atom stereocenters. The highest BCUT2D eigenvalue weighted by Gasteiger charge is 2.59. The van der Waals surface area contributed by atoms with Crippen molar-refractivity contribution in [2.75, 3.05) is 6.61 Å². The summed E-state index contributed by atoms with van der Waals surface area (Å²) in [6.07, 6.45) is 17.5. The molecule has 3 saturated carbocycles. The van der Waals surface area contributed by atoms with Crippen LogP contribution in [0.1, 0.15) is 127 Å². The smallest absolute Gasteiger partial charge is 0.341 e. The Labute approximate surface area is 281 Å². The van der Waals surface area contributed by atoms with Crippen molar-refractivity contribution in [3.8, 4) is 5.75 Å². The first kappa shape index (κ1) is 34.2. The van der Waals surface area contributed by atoms with Gasteiger partial charge in [-0.2, -0.15) is 4.39 Å². The standard InChI is InChI=1S/C42H56F2O3/c1-5-6-10-26-46-37-21-18-33(38(43)39(37)44)40(45)47-31-22-24-41(3)30(27-31)16-17-32-35-20-19-34(42(35,4)25-23-36(32)41)28(2)12-11-15-29-13-8-7-9-14-29/h7-9,13-14,16,18,21,28,31-32,34-36H,5-6,10-12,15,17,19-20,22-27H2,1-4H3/t28-,31+,32+,34-,35+,36+,41+,42-/m1/s1. The molecule has 0 bridgehead atoms. The van der Waals surface area contributed by atoms with E-state index in [0.29, 0.717) is 24.4 Å². The SMILES string of the molecule is CCCCCOc1ccc(C(=O)O[C@H]2CC[C@@]3(C)C(=CC[C@H]4[C@@H]5CC[C@H]([C@H](C)CCCc6ccccc6)[C@@]5(C)CC[C@@H]43)C2)c(F)c1F. The van der Waals surface area contributed by atoms with Crippen molar-refractivity contribution in [1.82, 2.24) is 0 Å². The second-order valence-electron chi connectivity index (χ2n) is 15.9. The fraction of sp³-hybridized carbons (Fsp3) is 0.643. The van der Waals surface area contributed by atoms with Crippen molar-refractivity contribution in [1.29, 1.82) is 0 Å². The number of ether oxygens (including phenoxy) is 2. The maximum atomic E-state index is 14.9. The van der Waals surface area contributed by atoms with E-state index in [-0.39, 0.29) is 22.8 Å². The summed E-state index contributed by atoms with van der Waals surface area (Å²) in [5.41, 5.74) is 3.07. The molecule has 2 aromatic rings. The van der Waals surface area contributed by atoms with Crippen LogP contribution in [-0.4, -0.2) is 18.7 Å². The van der Waals surface area contributed by atoms with E-state index in [0.717, 1.165) is 62.2 Å². The van der Waals surface area contributed by atoms with Crippen LogP contribution >= 0.6 is 0 Å². The molecule has 0 spiro atoms. The van der Waals surface area contributed by atoms with Gasteiger partial charge in [0, 0.05) is 6.42 Å². The molecule has 0 saturated heterocycles. The van der Waals surface area contributed by atoms with Crippen LogP contribution in [0.3, 0.4) is 0 Å². The third kappa shape index (κ3) is 6.79. The normalized spacial score (nSPS) is 32.0. The van der Waals surface area contributed by atoms with E-state index in [1.807, 2.05) is 0 Å². The van der Waals surface area contributed by atoms with Gasteiger partial charge in [0.1, 0.15) is 6.10 Å². The van der Waals surface area contributed by atoms with Crippen molar-refractivity contribution in [2.45, 2.75) is 124 Å². The zero-order valence-electron chi connectivity index (χ0n) is 29.2. The average molecular weight is 647 g/mol. The number of esters is 1. The molecule has 0 amide bonds. The van der Waals surface area contributed by atoms with E-state index in [4.69, 9.17) is 9.47 Å². The summed E-state index contributed by atoms with van der Waals surface area (Å²) in [5.74, 6) is 0.499. The lowest BCUT2D eigenvalue weighted by Crippen LogP contribution is -2.51. The molecule has 6 rings (SSSR count). The maximum Gasteiger partial charge on any atom is 0.341 e. The largest absolute Gasteiger partial charge is 0.490 e. The Morgan fingerprint density at radius 2 is 1.74 bits per heavy atom. The highest BCUT2D eigenvalue weighted by Crippen LogP contribution is 2.67. The van der Waals surface area contributed by atoms with E-state index in [2.05, 4.69) is 64.1 Å². The average Bonchev–Trinajstić information content (AvgIpc) is 3.43. The number of carbonyl (C=O) groups excluding carboxylic acids is 1. The number of benzene rings is 2. The Morgan fingerprint density at radius 1 is 0.936 bits per heavy atom. The second-order valence-corrected chi connectivity index (χ2v) is 15.9. The highest BCUT2D eigenvalue weighted by molar-refractivity contribution is 5.90. The van der Waals surface area contributed by atoms with E-state index in [9.17, 15) is 13.6 Å². The minimum atomic E-state index is -1.19. The molecule has 0 aliphatic heterocycles. The molecule has 5 heteroatoms. The fourth-order valence-corrected chi connectivity index (χ4v) is 10.7. The molecule has 3 nitrogen and oxygen atoms in total. The van der Waals surface area contributed by atoms with Gasteiger partial charge in [0.05, 0.1) is 12.2 Å². The van der Waals surface area contributed by atoms with Crippen LogP contribution in [0, 0.1) is 52.1 Å². The number of fused-ring (bicyclic) bond motifs is 5. The first-order valence-corrected chi connectivity index (χ1v) is 18.7. The Kier molecular flexibility index (Phi) is 10.5. The van der Waals surface area contributed by atoms with Crippen molar-refractivity contribution < 1.29 is 23.0 Å². The van der Waals surface area contributed by atoms with Gasteiger partial charge in [0.15, 0.2) is 11.6 Å². The van der Waals surface area contributed by atoms with Gasteiger partial charge in [-0.15, -0.1) is 0 Å². The van der Waals surface area contributed by atoms with Crippen LogP contribution in [0.4, 0.5) is 8.78 Å². The number of halogens is 2. The molecule has 256 valence electrons. The summed E-state index contributed by atoms with van der Waals surface area (Å²) in [7, 11) is 0. The molecule has 0 radical (unpaired) electrons. The fourth-order valence-electron chi connectivity index (χ4n) is 10.7. The number of rotatable bonds is 12. The summed E-state index contributed by atoms with van der Waals surface area (Å²) in [5, 5.41) is 0. The van der Waals surface area contributed by atoms with E-state index < -0.39 is 17.6 Å². The monoisotopic (exact) mass is 646 g/mol. The van der Waals surface area contributed by atoms with Gasteiger partial charge in [-0.1, -0.05) is 88.9 Å². The zero-order chi connectivity index (χ0) is 33.2. The number of carbonyl (C=O) groups is 1. The van der Waals surface area contributed by atoms with Gasteiger partial charge in [-0.3, -0.25) is 0 Å². The number of hydrogen-bond acceptors (Lipinski definition) is 3. The van der Waals surface area contributed by atoms with E-state index >= 15 is 0 Å². The lowest BCUT2D eigenvalue weighted by atomic mass is 9.47. The predicted octanol–water partition coefficient (Wildman–Crippen LogP) is 11.3. The molecule has 4 aliphatic carbocycles. The molecule has 3 fully saturated rings. The molecule has 0 unspecified atom stereocenters. The topological polar surface area (TPSA) is 35.5 Å². The van der Waals surface area contributed by atoms with Gasteiger partial charge in [-0.05, 0) is 122 Å². The minimum Gasteiger partial charge on any atom is -0.490 e. The van der Waals surface area contributed by atoms with E-state index in [1.54, 1.807) is 0 Å². The first-order chi connectivity index (χ1) is 22.7. The van der Waals surface area contributed by atoms with Crippen LogP contribution in [0.5, 0.6) is 5.75 Å². The number of allylic oxidation sites excluding steroid dienone is 1. The molecule has 2 aromatic carbocycles. The molecule has 47 heavy (non-hydrogen) atoms. The molecular formula is C42H56F2O3. The summed E-state index contributed by atoms with van der Waals surface area (Å²) < 4.78 is 40.9. The molecule has 0 N–H and O–H groups in total. The molecular weight excluding hydrogens is 590 g/mol. The van der Waals surface area contributed by atoms with Crippen molar-refractivity contribution in [3.05, 3.63) is 76.9 Å². The second kappa shape index (κ2) is 14.4. The zero-order valence-corrected chi connectivity index (χ0v) is 29.2. The first-order valence-electron chi connectivity index (χ1n) is 18.7. The maximum absolute atomic E-state index is 14.9. The summed E-state index contributed by atoms with van der Waals surface area (Å²) in [6.45, 7) is 10.0. The number of hydrogen-bond donors (Lipinski definition) is 0. The van der Waals surface area contributed by atoms with Gasteiger partial charge < -0.3 is 9.47 Å². The van der Waals surface area contributed by atoms with Gasteiger partial charge in [0.25, 0.3) is 0 Å². The van der Waals surface area contributed by atoms with Crippen LogP contribution in [-0.2, 0) is 11.2 Å². The van der Waals surface area contributed by atoms with Gasteiger partial charge in [0.2, 0.25) is 5.82 Å². The third-order valence-electron chi connectivity index (χ3n) is 13.3. The highest BCUT2D eigenvalue weighted by atomic mass is 19.2. The van der Waals surface area contributed by atoms with Crippen molar-refractivity contribution in [3.63, 3.8) is 0 Å². The van der Waals surface area contributed by atoms with Crippen molar-refractivity contribution >= 4 is 5.97 Å². The quantitative estimate of drug-likeness (QED) is 0.131. The minimum absolute atomic E-state index is 0.126. The Morgan fingerprint density at radius 3 is 2.53 bits per heavy atom. The molecule has 4 aliphatic rings. The number of aryl methyl sites for hydroxylation is 1. The summed E-state index contributed by atoms with van der Waals surface area (Å²) in [4.78, 5) is 13.1. The summed E-state index contributed by atoms with van der Waals surface area (Å²) in [6, 6.07) is 13.6. The Balaban J connectivity index is 1.06. The predicted molar refractivity (Wildman–Crippen MR) is 184 cm³/mol. The lowest BCUT2D eigenvalue weighted by Gasteiger charge is -2.58. The van der Waals surface area contributed by atoms with Crippen molar-refractivity contribution in [2.24, 2.45) is 40.4 Å². The van der Waals surface area contributed by atoms with Crippen LogP contribution in [0.15, 0.2) is 54.1 Å². The van der Waals surface area contributed by atoms with E-state index in [1.165, 1.54) is 68.2 Å². The van der Waals surface area contributed by atoms with Gasteiger partial charge in [-0.25, -0.2) is 9.18 Å². The molecule has 0 aromatic heterocycles. The number of unbranched alkanes of at least 4 members (excludes halogenated alkanes) is 2. The third-order valence-corrected chi connectivity index (χ3v) is 13.3. The van der Waals surface area contributed by atoms with Crippen LogP contribution < -0.4 is 4.74 Å². The molecule has 0 heterocycles. The lowest BCUT2D eigenvalue weighted by molar-refractivity contribution is -0.0594. The van der Waals surface area contributed by atoms with Crippen LogP contribution in [0.2, 0.25) is 0 Å². The van der Waals surface area contributed by atoms with Gasteiger partial charge >= 0.3 is 5.97 Å². The Hall–Kier alpha value is -2.69. The van der Waals surface area contributed by atoms with Crippen LogP contribution in [0.25, 0.3) is 0 Å². The summed E-state index contributed by atoms with van der Waals surface area (Å²) >= 11 is 0.